The predicted molar refractivity (Wildman–Crippen MR) is 159 cm³/mol. The van der Waals surface area contributed by atoms with Gasteiger partial charge in [0.05, 0.1) is 29.8 Å². The Morgan fingerprint density at radius 1 is 0.975 bits per heavy atom. The van der Waals surface area contributed by atoms with E-state index in [1.165, 1.54) is 0 Å². The topological polar surface area (TPSA) is 105 Å². The molecule has 4 rings (SSSR count). The molecular weight excluding hydrogens is 500 g/mol. The van der Waals surface area contributed by atoms with Gasteiger partial charge in [0.15, 0.2) is 0 Å². The van der Waals surface area contributed by atoms with Gasteiger partial charge in [0, 0.05) is 11.1 Å². The monoisotopic (exact) mass is 536 g/mol. The molecule has 0 spiro atoms. The molecule has 0 aromatic heterocycles. The van der Waals surface area contributed by atoms with Crippen LogP contribution in [0.5, 0.6) is 0 Å². The summed E-state index contributed by atoms with van der Waals surface area (Å²) in [5.41, 5.74) is 9.57. The SMILES string of the molecule is C=CCC(C(N)=O)C(CC(C)C)C(=O)NC1N=C(c2ccccc2)c2ccccc2N(Cc2ccccc2)C1=O. The van der Waals surface area contributed by atoms with E-state index in [0.29, 0.717) is 24.4 Å². The molecule has 7 heteroatoms. The fourth-order valence-electron chi connectivity index (χ4n) is 5.14. The Morgan fingerprint density at radius 2 is 1.60 bits per heavy atom. The Hall–Kier alpha value is -4.52. The van der Waals surface area contributed by atoms with Crippen LogP contribution in [-0.2, 0) is 20.9 Å². The minimum Gasteiger partial charge on any atom is -0.369 e. The highest BCUT2D eigenvalue weighted by Gasteiger charge is 2.37. The summed E-state index contributed by atoms with van der Waals surface area (Å²) in [6.07, 6.45) is 1.09. The van der Waals surface area contributed by atoms with Crippen LogP contribution < -0.4 is 16.0 Å². The minimum atomic E-state index is -1.20. The van der Waals surface area contributed by atoms with E-state index in [9.17, 15) is 14.4 Å². The molecule has 0 bridgehead atoms. The first-order valence-corrected chi connectivity index (χ1v) is 13.6. The Morgan fingerprint density at radius 3 is 2.23 bits per heavy atom. The third-order valence-electron chi connectivity index (χ3n) is 7.05. The van der Waals surface area contributed by atoms with Gasteiger partial charge in [-0.05, 0) is 30.4 Å². The van der Waals surface area contributed by atoms with Gasteiger partial charge in [0.1, 0.15) is 0 Å². The van der Waals surface area contributed by atoms with E-state index in [2.05, 4.69) is 11.9 Å². The number of carbonyl (C=O) groups is 3. The fourth-order valence-corrected chi connectivity index (χ4v) is 5.14. The van der Waals surface area contributed by atoms with E-state index in [4.69, 9.17) is 10.7 Å². The lowest BCUT2D eigenvalue weighted by molar-refractivity contribution is -0.135. The second-order valence-electron chi connectivity index (χ2n) is 10.5. The van der Waals surface area contributed by atoms with E-state index in [1.54, 1.807) is 11.0 Å². The van der Waals surface area contributed by atoms with Crippen LogP contribution in [0.2, 0.25) is 0 Å². The maximum atomic E-state index is 14.2. The summed E-state index contributed by atoms with van der Waals surface area (Å²) in [4.78, 5) is 46.9. The summed E-state index contributed by atoms with van der Waals surface area (Å²) >= 11 is 0. The van der Waals surface area contributed by atoms with E-state index >= 15 is 0 Å². The van der Waals surface area contributed by atoms with Gasteiger partial charge in [0.2, 0.25) is 18.0 Å². The summed E-state index contributed by atoms with van der Waals surface area (Å²) < 4.78 is 0. The van der Waals surface area contributed by atoms with Crippen LogP contribution in [0.4, 0.5) is 5.69 Å². The summed E-state index contributed by atoms with van der Waals surface area (Å²) in [7, 11) is 0. The number of hydrogen-bond acceptors (Lipinski definition) is 4. The van der Waals surface area contributed by atoms with Gasteiger partial charge < -0.3 is 16.0 Å². The summed E-state index contributed by atoms with van der Waals surface area (Å²) in [5.74, 6) is -2.71. The minimum absolute atomic E-state index is 0.120. The zero-order chi connectivity index (χ0) is 28.6. The lowest BCUT2D eigenvalue weighted by Crippen LogP contribution is -2.50. The first-order chi connectivity index (χ1) is 19.3. The number of nitrogens with zero attached hydrogens (tertiary/aromatic N) is 2. The normalized spacial score (nSPS) is 16.4. The number of benzene rings is 3. The van der Waals surface area contributed by atoms with Crippen LogP contribution in [-0.4, -0.2) is 29.6 Å². The maximum Gasteiger partial charge on any atom is 0.272 e. The Balaban J connectivity index is 1.80. The number of aliphatic imine (C=N–C) groups is 1. The van der Waals surface area contributed by atoms with Crippen molar-refractivity contribution in [3.8, 4) is 0 Å². The van der Waals surface area contributed by atoms with Gasteiger partial charge in [-0.2, -0.15) is 0 Å². The molecule has 3 atom stereocenters. The molecule has 3 unspecified atom stereocenters. The van der Waals surface area contributed by atoms with Gasteiger partial charge in [-0.1, -0.05) is 98.8 Å². The van der Waals surface area contributed by atoms with Crippen molar-refractivity contribution in [2.75, 3.05) is 4.90 Å². The molecule has 40 heavy (non-hydrogen) atoms. The van der Waals surface area contributed by atoms with Crippen LogP contribution in [0, 0.1) is 17.8 Å². The molecule has 0 radical (unpaired) electrons. The first kappa shape index (κ1) is 28.5. The van der Waals surface area contributed by atoms with Crippen LogP contribution >= 0.6 is 0 Å². The summed E-state index contributed by atoms with van der Waals surface area (Å²) in [5, 5.41) is 2.90. The summed E-state index contributed by atoms with van der Waals surface area (Å²) in [6, 6.07) is 26.9. The number of benzodiazepines with no additional fused rings is 1. The number of nitrogens with two attached hydrogens (primary N) is 1. The molecule has 3 aromatic carbocycles. The standard InChI is InChI=1S/C33H36N4O3/c1-4-13-25(30(34)38)27(20-22(2)3)32(39)36-31-33(40)37(21-23-14-7-5-8-15-23)28-19-12-11-18-26(28)29(35-31)24-16-9-6-10-17-24/h4-12,14-19,22,25,27,31H,1,13,20-21H2,2-3H3,(H2,34,38)(H,36,39). The van der Waals surface area contributed by atoms with Crippen molar-refractivity contribution < 1.29 is 14.4 Å². The maximum absolute atomic E-state index is 14.2. The average Bonchev–Trinajstić information content (AvgIpc) is 3.06. The van der Waals surface area contributed by atoms with E-state index in [0.717, 1.165) is 16.7 Å². The van der Waals surface area contributed by atoms with Crippen molar-refractivity contribution in [3.05, 3.63) is 114 Å². The molecule has 206 valence electrons. The molecule has 3 aromatic rings. The third-order valence-corrected chi connectivity index (χ3v) is 7.05. The number of hydrogen-bond donors (Lipinski definition) is 2. The highest BCUT2D eigenvalue weighted by molar-refractivity contribution is 6.20. The van der Waals surface area contributed by atoms with Gasteiger partial charge >= 0.3 is 0 Å². The first-order valence-electron chi connectivity index (χ1n) is 13.6. The zero-order valence-electron chi connectivity index (χ0n) is 23.0. The van der Waals surface area contributed by atoms with E-state index in [-0.39, 0.29) is 18.2 Å². The van der Waals surface area contributed by atoms with Gasteiger partial charge in [-0.25, -0.2) is 4.99 Å². The van der Waals surface area contributed by atoms with Gasteiger partial charge in [-0.3, -0.25) is 14.4 Å². The molecule has 3 amide bonds. The molecule has 0 saturated carbocycles. The molecule has 1 aliphatic rings. The lowest BCUT2D eigenvalue weighted by atomic mass is 9.82. The molecule has 0 fully saturated rings. The fraction of sp³-hybridized carbons (Fsp3) is 0.273. The van der Waals surface area contributed by atoms with Crippen molar-refractivity contribution in [3.63, 3.8) is 0 Å². The molecule has 1 aliphatic heterocycles. The molecule has 7 nitrogen and oxygen atoms in total. The Labute approximate surface area is 235 Å². The third kappa shape index (κ3) is 6.54. The molecule has 0 aliphatic carbocycles. The smallest absolute Gasteiger partial charge is 0.272 e. The van der Waals surface area contributed by atoms with Gasteiger partial charge in [0.25, 0.3) is 5.91 Å². The number of primary amides is 1. The number of amides is 3. The Kier molecular flexibility index (Phi) is 9.27. The predicted octanol–water partition coefficient (Wildman–Crippen LogP) is 4.85. The van der Waals surface area contributed by atoms with E-state index < -0.39 is 29.8 Å². The second-order valence-corrected chi connectivity index (χ2v) is 10.5. The number of para-hydroxylation sites is 1. The number of rotatable bonds is 11. The van der Waals surface area contributed by atoms with Crippen molar-refractivity contribution in [1.82, 2.24) is 5.32 Å². The van der Waals surface area contributed by atoms with Crippen molar-refractivity contribution in [2.24, 2.45) is 28.5 Å². The van der Waals surface area contributed by atoms with Gasteiger partial charge in [-0.15, -0.1) is 6.58 Å². The van der Waals surface area contributed by atoms with Crippen LogP contribution in [0.15, 0.2) is 103 Å². The number of nitrogens with one attached hydrogen (secondary N) is 1. The van der Waals surface area contributed by atoms with Crippen LogP contribution in [0.25, 0.3) is 0 Å². The van der Waals surface area contributed by atoms with Crippen LogP contribution in [0.1, 0.15) is 43.4 Å². The molecule has 0 saturated heterocycles. The number of fused-ring (bicyclic) bond motifs is 1. The van der Waals surface area contributed by atoms with Crippen molar-refractivity contribution >= 4 is 29.1 Å². The average molecular weight is 537 g/mol. The molecule has 1 heterocycles. The highest BCUT2D eigenvalue weighted by atomic mass is 16.2. The van der Waals surface area contributed by atoms with Crippen molar-refractivity contribution in [2.45, 2.75) is 39.4 Å². The highest BCUT2D eigenvalue weighted by Crippen LogP contribution is 2.30. The molecule has 3 N–H and O–H groups in total. The number of allylic oxidation sites excluding steroid dienone is 1. The zero-order valence-corrected chi connectivity index (χ0v) is 23.0. The number of anilines is 1. The lowest BCUT2D eigenvalue weighted by Gasteiger charge is -2.28. The molecular formula is C33H36N4O3. The quantitative estimate of drug-likeness (QED) is 0.342. The Bertz CT molecular complexity index is 1390. The largest absolute Gasteiger partial charge is 0.369 e. The van der Waals surface area contributed by atoms with Crippen LogP contribution in [0.3, 0.4) is 0 Å². The summed E-state index contributed by atoms with van der Waals surface area (Å²) in [6.45, 7) is 8.00. The second kappa shape index (κ2) is 13.0. The van der Waals surface area contributed by atoms with Crippen molar-refractivity contribution in [1.29, 1.82) is 0 Å². The van der Waals surface area contributed by atoms with E-state index in [1.807, 2.05) is 98.8 Å². The number of carbonyl (C=O) groups excluding carboxylic acids is 3.